The zero-order valence-corrected chi connectivity index (χ0v) is 14.7. The molecule has 4 aromatic rings. The fourth-order valence-corrected chi connectivity index (χ4v) is 2.98. The molecule has 0 spiro atoms. The summed E-state index contributed by atoms with van der Waals surface area (Å²) in [6.07, 6.45) is 1.57. The Labute approximate surface area is 155 Å². The summed E-state index contributed by atoms with van der Waals surface area (Å²) < 4.78 is 0. The van der Waals surface area contributed by atoms with Gasteiger partial charge in [-0.25, -0.2) is 15.8 Å². The van der Waals surface area contributed by atoms with Crippen molar-refractivity contribution in [1.82, 2.24) is 15.0 Å². The van der Waals surface area contributed by atoms with E-state index in [1.54, 1.807) is 19.3 Å². The lowest BCUT2D eigenvalue weighted by molar-refractivity contribution is 1.02. The first-order valence-electron chi connectivity index (χ1n) is 8.38. The third-order valence-corrected chi connectivity index (χ3v) is 4.32. The Balaban J connectivity index is 2.05. The van der Waals surface area contributed by atoms with E-state index in [2.05, 4.69) is 15.0 Å². The summed E-state index contributed by atoms with van der Waals surface area (Å²) in [5.74, 6) is 5.89. The highest BCUT2D eigenvalue weighted by molar-refractivity contribution is 5.86. The van der Waals surface area contributed by atoms with Crippen LogP contribution in [0.1, 0.15) is 0 Å². The first-order chi connectivity index (χ1) is 13.0. The molecule has 0 aliphatic rings. The van der Waals surface area contributed by atoms with E-state index in [1.165, 1.54) is 11.1 Å². The van der Waals surface area contributed by atoms with Crippen LogP contribution in [0.2, 0.25) is 0 Å². The van der Waals surface area contributed by atoms with Crippen LogP contribution in [0.15, 0.2) is 65.6 Å². The topological polar surface area (TPSA) is 114 Å². The number of aromatic nitrogens is 3. The molecule has 0 atom stereocenters. The highest BCUT2D eigenvalue weighted by atomic mass is 16.1. The smallest absolute Gasteiger partial charge is 0.209 e. The number of nitrogens with two attached hydrogens (primary N) is 2. The lowest BCUT2D eigenvalue weighted by Gasteiger charge is -2.17. The predicted octanol–water partition coefficient (Wildman–Crippen LogP) is 2.54. The Morgan fingerprint density at radius 1 is 0.963 bits per heavy atom. The summed E-state index contributed by atoms with van der Waals surface area (Å²) in [7, 11) is 1.71. The molecule has 0 fully saturated rings. The number of rotatable bonds is 3. The highest BCUT2D eigenvalue weighted by Gasteiger charge is 2.16. The molecule has 5 N–H and O–H groups in total. The number of H-pyrrole nitrogens is 1. The molecule has 2 aromatic carbocycles. The maximum absolute atomic E-state index is 12.3. The van der Waals surface area contributed by atoms with Crippen molar-refractivity contribution < 1.29 is 0 Å². The third kappa shape index (κ3) is 3.00. The van der Waals surface area contributed by atoms with Crippen molar-refractivity contribution in [2.75, 3.05) is 17.8 Å². The van der Waals surface area contributed by atoms with Crippen molar-refractivity contribution in [3.05, 3.63) is 71.0 Å². The maximum Gasteiger partial charge on any atom is 0.209 e. The number of fused-ring (bicyclic) bond motifs is 1. The maximum atomic E-state index is 12.3. The van der Waals surface area contributed by atoms with Crippen LogP contribution in [0.25, 0.3) is 33.7 Å². The van der Waals surface area contributed by atoms with E-state index < -0.39 is 0 Å². The second-order valence-corrected chi connectivity index (χ2v) is 6.21. The van der Waals surface area contributed by atoms with E-state index >= 15 is 0 Å². The number of hydrazine groups is 1. The summed E-state index contributed by atoms with van der Waals surface area (Å²) in [4.78, 5) is 24.6. The Morgan fingerprint density at radius 3 is 2.44 bits per heavy atom. The van der Waals surface area contributed by atoms with E-state index in [0.717, 1.165) is 11.1 Å². The normalized spacial score (nSPS) is 10.9. The SMILES string of the molecule is CN(N)c1cc(-c2nc3c(=O)cc[nH]c3nc2-c2ccccc2)ccc1N. The van der Waals surface area contributed by atoms with E-state index in [1.807, 2.05) is 42.5 Å². The number of nitrogen functional groups attached to an aromatic ring is 1. The highest BCUT2D eigenvalue weighted by Crippen LogP contribution is 2.33. The molecule has 0 unspecified atom stereocenters. The van der Waals surface area contributed by atoms with Gasteiger partial charge in [0.25, 0.3) is 0 Å². The van der Waals surface area contributed by atoms with Gasteiger partial charge >= 0.3 is 0 Å². The molecule has 0 radical (unpaired) electrons. The molecule has 4 rings (SSSR count). The van der Waals surface area contributed by atoms with Gasteiger partial charge in [-0.3, -0.25) is 4.79 Å². The van der Waals surface area contributed by atoms with E-state index in [4.69, 9.17) is 11.6 Å². The number of benzene rings is 2. The van der Waals surface area contributed by atoms with E-state index in [0.29, 0.717) is 28.4 Å². The minimum Gasteiger partial charge on any atom is -0.397 e. The molecule has 0 amide bonds. The molecule has 134 valence electrons. The fraction of sp³-hybridized carbons (Fsp3) is 0.0500. The number of nitrogens with zero attached hydrogens (tertiary/aromatic N) is 3. The van der Waals surface area contributed by atoms with Gasteiger partial charge in [0.2, 0.25) is 5.43 Å². The summed E-state index contributed by atoms with van der Waals surface area (Å²) >= 11 is 0. The quantitative estimate of drug-likeness (QED) is 0.295. The summed E-state index contributed by atoms with van der Waals surface area (Å²) in [6, 6.07) is 16.6. The minimum absolute atomic E-state index is 0.191. The average molecular weight is 358 g/mol. The first kappa shape index (κ1) is 16.7. The summed E-state index contributed by atoms with van der Waals surface area (Å²) in [5.41, 5.74) is 10.7. The second-order valence-electron chi connectivity index (χ2n) is 6.21. The Kier molecular flexibility index (Phi) is 4.06. The van der Waals surface area contributed by atoms with Crippen molar-refractivity contribution in [3.63, 3.8) is 0 Å². The lowest BCUT2D eigenvalue weighted by atomic mass is 10.0. The third-order valence-electron chi connectivity index (χ3n) is 4.32. The number of anilines is 2. The summed E-state index contributed by atoms with van der Waals surface area (Å²) in [5, 5.41) is 1.45. The van der Waals surface area contributed by atoms with E-state index in [9.17, 15) is 4.79 Å². The molecule has 2 heterocycles. The van der Waals surface area contributed by atoms with Crippen molar-refractivity contribution >= 4 is 22.5 Å². The van der Waals surface area contributed by atoms with Gasteiger partial charge in [-0.1, -0.05) is 36.4 Å². The van der Waals surface area contributed by atoms with Gasteiger partial charge < -0.3 is 15.7 Å². The van der Waals surface area contributed by atoms with Gasteiger partial charge in [-0.05, 0) is 12.1 Å². The molecular weight excluding hydrogens is 340 g/mol. The van der Waals surface area contributed by atoms with Crippen molar-refractivity contribution in [2.24, 2.45) is 5.84 Å². The zero-order chi connectivity index (χ0) is 19.0. The summed E-state index contributed by atoms with van der Waals surface area (Å²) in [6.45, 7) is 0. The number of hydrogen-bond acceptors (Lipinski definition) is 6. The van der Waals surface area contributed by atoms with Gasteiger partial charge in [-0.15, -0.1) is 0 Å². The molecule has 27 heavy (non-hydrogen) atoms. The molecular formula is C20H18N6O. The zero-order valence-electron chi connectivity index (χ0n) is 14.7. The van der Waals surface area contributed by atoms with Crippen molar-refractivity contribution in [1.29, 1.82) is 0 Å². The molecule has 0 aliphatic heterocycles. The first-order valence-corrected chi connectivity index (χ1v) is 8.38. The van der Waals surface area contributed by atoms with E-state index in [-0.39, 0.29) is 10.9 Å². The lowest BCUT2D eigenvalue weighted by Crippen LogP contribution is -2.26. The van der Waals surface area contributed by atoms with Crippen LogP contribution in [0.3, 0.4) is 0 Å². The molecule has 7 heteroatoms. The van der Waals surface area contributed by atoms with Gasteiger partial charge in [0, 0.05) is 30.4 Å². The Morgan fingerprint density at radius 2 is 1.70 bits per heavy atom. The van der Waals surface area contributed by atoms with Gasteiger partial charge in [0.1, 0.15) is 0 Å². The van der Waals surface area contributed by atoms with Crippen LogP contribution in [0, 0.1) is 0 Å². The molecule has 2 aromatic heterocycles. The van der Waals surface area contributed by atoms with Crippen molar-refractivity contribution in [2.45, 2.75) is 0 Å². The van der Waals surface area contributed by atoms with Crippen LogP contribution in [-0.2, 0) is 0 Å². The Bertz CT molecular complexity index is 1180. The number of nitrogens with one attached hydrogen (secondary N) is 1. The van der Waals surface area contributed by atoms with Crippen LogP contribution in [-0.4, -0.2) is 22.0 Å². The van der Waals surface area contributed by atoms with Crippen LogP contribution < -0.4 is 22.0 Å². The minimum atomic E-state index is -0.191. The van der Waals surface area contributed by atoms with Crippen LogP contribution >= 0.6 is 0 Å². The van der Waals surface area contributed by atoms with Crippen molar-refractivity contribution in [3.8, 4) is 22.5 Å². The van der Waals surface area contributed by atoms with Gasteiger partial charge in [-0.2, -0.15) is 0 Å². The average Bonchev–Trinajstić information content (AvgIpc) is 2.68. The molecule has 7 nitrogen and oxygen atoms in total. The van der Waals surface area contributed by atoms with Gasteiger partial charge in [0.15, 0.2) is 11.2 Å². The predicted molar refractivity (Wildman–Crippen MR) is 108 cm³/mol. The molecule has 0 aliphatic carbocycles. The second kappa shape index (κ2) is 6.54. The Hall–Kier alpha value is -3.71. The number of aromatic amines is 1. The van der Waals surface area contributed by atoms with Gasteiger partial charge in [0.05, 0.1) is 22.8 Å². The van der Waals surface area contributed by atoms with Crippen LogP contribution in [0.5, 0.6) is 0 Å². The molecule has 0 saturated heterocycles. The monoisotopic (exact) mass is 358 g/mol. The fourth-order valence-electron chi connectivity index (χ4n) is 2.98. The molecule has 0 bridgehead atoms. The number of hydrogen-bond donors (Lipinski definition) is 3. The van der Waals surface area contributed by atoms with Crippen LogP contribution in [0.4, 0.5) is 11.4 Å². The number of pyridine rings is 1. The standard InChI is InChI=1S/C20H18N6O/c1-26(22)15-11-13(7-8-14(15)21)18-17(12-5-3-2-4-6-12)25-20-19(24-18)16(27)9-10-23-20/h2-11H,21-22H2,1H3,(H,23,25,27). The molecule has 0 saturated carbocycles. The largest absolute Gasteiger partial charge is 0.397 e.